The fourth-order valence-electron chi connectivity index (χ4n) is 7.88. The number of aliphatic hydroxyl groups excluding tert-OH is 7. The van der Waals surface area contributed by atoms with Crippen LogP contribution < -0.4 is 44.6 Å². The van der Waals surface area contributed by atoms with E-state index in [2.05, 4.69) is 16.0 Å². The van der Waals surface area contributed by atoms with Crippen LogP contribution in [0.2, 0.25) is 0 Å². The van der Waals surface area contributed by atoms with E-state index in [0.717, 1.165) is 0 Å². The summed E-state index contributed by atoms with van der Waals surface area (Å²) in [4.78, 5) is 12.8. The van der Waals surface area contributed by atoms with E-state index in [-0.39, 0.29) is 32.5 Å². The first kappa shape index (κ1) is 46.6. The molecule has 21 N–H and O–H groups in total. The number of amides is 1. The number of hydrogen-bond acceptors (Lipinski definition) is 22. The van der Waals surface area contributed by atoms with E-state index in [1.165, 1.54) is 0 Å². The zero-order valence-electron chi connectivity index (χ0n) is 31.5. The fourth-order valence-corrected chi connectivity index (χ4v) is 7.88. The number of halogens is 1. The summed E-state index contributed by atoms with van der Waals surface area (Å²) < 4.78 is 49.9. The maximum absolute atomic E-state index is 14.1. The molecule has 332 valence electrons. The Kier molecular flexibility index (Phi) is 16.7. The van der Waals surface area contributed by atoms with Gasteiger partial charge in [0.1, 0.15) is 61.1 Å². The second-order valence-electron chi connectivity index (χ2n) is 15.7. The van der Waals surface area contributed by atoms with Gasteiger partial charge in [-0.3, -0.25) is 4.79 Å². The molecule has 0 aromatic rings. The first-order valence-electron chi connectivity index (χ1n) is 19.4. The summed E-state index contributed by atoms with van der Waals surface area (Å²) in [7, 11) is 0. The Morgan fingerprint density at radius 1 is 0.825 bits per heavy atom. The van der Waals surface area contributed by atoms with Gasteiger partial charge in [0, 0.05) is 32.2 Å². The van der Waals surface area contributed by atoms with E-state index in [0.29, 0.717) is 25.9 Å². The average molecular weight is 831 g/mol. The van der Waals surface area contributed by atoms with Crippen molar-refractivity contribution in [2.75, 3.05) is 45.9 Å². The molecule has 24 heteroatoms. The highest BCUT2D eigenvalue weighted by molar-refractivity contribution is 5.81. The Morgan fingerprint density at radius 2 is 1.46 bits per heavy atom. The van der Waals surface area contributed by atoms with Crippen LogP contribution in [0.5, 0.6) is 0 Å². The monoisotopic (exact) mass is 830 g/mol. The molecule has 5 fully saturated rings. The van der Waals surface area contributed by atoms with Crippen LogP contribution in [0, 0.1) is 0 Å². The number of carbonyl (C=O) groups excluding carboxylic acids is 1. The van der Waals surface area contributed by atoms with Gasteiger partial charge in [-0.1, -0.05) is 0 Å². The Morgan fingerprint density at radius 3 is 2.11 bits per heavy atom. The van der Waals surface area contributed by atoms with E-state index in [1.54, 1.807) is 0 Å². The first-order valence-corrected chi connectivity index (χ1v) is 19.4. The molecule has 0 aromatic carbocycles. The molecule has 57 heavy (non-hydrogen) atoms. The smallest absolute Gasteiger partial charge is 0.252 e. The fraction of sp³-hybridized carbons (Fsp3) is 0.970. The highest BCUT2D eigenvalue weighted by Crippen LogP contribution is 2.35. The van der Waals surface area contributed by atoms with Crippen LogP contribution in [0.15, 0.2) is 0 Å². The molecular formula is C33H63FN8O15. The van der Waals surface area contributed by atoms with Crippen LogP contribution in [0.3, 0.4) is 0 Å². The van der Waals surface area contributed by atoms with Gasteiger partial charge in [-0.25, -0.2) is 4.39 Å². The van der Waals surface area contributed by atoms with Crippen LogP contribution in [-0.4, -0.2) is 221 Å². The predicted molar refractivity (Wildman–Crippen MR) is 192 cm³/mol. The van der Waals surface area contributed by atoms with Gasteiger partial charge in [0.2, 0.25) is 0 Å². The van der Waals surface area contributed by atoms with Gasteiger partial charge in [-0.15, -0.1) is 0 Å². The molecule has 20 atom stereocenters. The molecule has 0 spiro atoms. The largest absolute Gasteiger partial charge is 0.394 e. The number of rotatable bonds is 16. The summed E-state index contributed by atoms with van der Waals surface area (Å²) in [6.07, 6.45) is -22.9. The molecule has 0 unspecified atom stereocenters. The van der Waals surface area contributed by atoms with Gasteiger partial charge >= 0.3 is 0 Å². The van der Waals surface area contributed by atoms with Crippen molar-refractivity contribution in [3.05, 3.63) is 0 Å². The Labute approximate surface area is 328 Å². The molecule has 23 nitrogen and oxygen atoms in total. The minimum Gasteiger partial charge on any atom is -0.394 e. The summed E-state index contributed by atoms with van der Waals surface area (Å²) >= 11 is 0. The molecule has 1 amide bonds. The van der Waals surface area contributed by atoms with Gasteiger partial charge in [0.25, 0.3) is 5.91 Å². The molecule has 0 radical (unpaired) electrons. The standard InChI is InChI=1S/C33H63FN8O15/c34-12(7-35)21(45)29(50)42-15-5-13(37)26(55-30-14(38)6-16(44)18(53-30)9-41-11-33(51)1-3-40-4-2-33)28(22(15)46)57-32-25(49)27(19(10-43)54-32)56-31-20(39)24(48)23(47)17(8-36)52-31/h12-28,30-32,40-41,43-49,51H,1-11,35-39H2,(H,42,50)/t12-,13+,14-,15-,16+,17+,18-,19-,20-,21+,22+,23-,24-,25-,26-,27-,28-,30-,31-,32+/m1/s1. The molecule has 1 aliphatic carbocycles. The Bertz CT molecular complexity index is 1270. The second-order valence-corrected chi connectivity index (χ2v) is 15.7. The number of ether oxygens (including phenoxy) is 6. The number of carbonyl (C=O) groups is 1. The van der Waals surface area contributed by atoms with Gasteiger partial charge in [-0.05, 0) is 38.8 Å². The van der Waals surface area contributed by atoms with Crippen molar-refractivity contribution >= 4 is 5.91 Å². The van der Waals surface area contributed by atoms with Crippen LogP contribution in [0.25, 0.3) is 0 Å². The Hall–Kier alpha value is -1.44. The lowest BCUT2D eigenvalue weighted by molar-refractivity contribution is -0.297. The van der Waals surface area contributed by atoms with Gasteiger partial charge < -0.3 is 114 Å². The van der Waals surface area contributed by atoms with E-state index in [1.807, 2.05) is 0 Å². The maximum Gasteiger partial charge on any atom is 0.252 e. The third kappa shape index (κ3) is 10.9. The van der Waals surface area contributed by atoms with Crippen molar-refractivity contribution < 1.29 is 78.5 Å². The summed E-state index contributed by atoms with van der Waals surface area (Å²) in [6.45, 7) is 0.0427. The molecule has 4 aliphatic heterocycles. The van der Waals surface area contributed by atoms with E-state index in [9.17, 15) is 50.0 Å². The van der Waals surface area contributed by atoms with E-state index in [4.69, 9.17) is 57.1 Å². The quantitative estimate of drug-likeness (QED) is 0.0686. The molecule has 5 rings (SSSR count). The van der Waals surface area contributed by atoms with Crippen LogP contribution in [0.1, 0.15) is 25.7 Å². The van der Waals surface area contributed by atoms with E-state index < -0.39 is 147 Å². The van der Waals surface area contributed by atoms with Crippen molar-refractivity contribution in [3.63, 3.8) is 0 Å². The van der Waals surface area contributed by atoms with Gasteiger partial charge in [-0.2, -0.15) is 0 Å². The topological polar surface area (TPSA) is 400 Å². The highest BCUT2D eigenvalue weighted by atomic mass is 19.1. The highest BCUT2D eigenvalue weighted by Gasteiger charge is 2.54. The minimum absolute atomic E-state index is 0.0209. The number of alkyl halides is 1. The SMILES string of the molecule is NC[C@@H](F)[C@H](O)C(=O)N[C@@H]1C[C@H](N)[C@@H](O[C@H]2O[C@H](CNCC3(O)CCNCC3)[C@@H](O)C[C@H]2N)[C@H](O[C@@H]2O[C@H](CO)[C@@H](O[C@H]3O[C@@H](CN)[C@@H](O)[C@H](O)[C@H]3N)[C@H]2O)[C@H]1O. The number of aliphatic hydroxyl groups is 8. The number of nitrogens with one attached hydrogen (secondary N) is 3. The summed E-state index contributed by atoms with van der Waals surface area (Å²) in [5, 5.41) is 94.6. The third-order valence-electron chi connectivity index (χ3n) is 11.4. The molecule has 4 heterocycles. The normalized spacial score (nSPS) is 45.0. The number of piperidine rings is 1. The molecule has 0 bridgehead atoms. The second kappa shape index (κ2) is 20.4. The Balaban J connectivity index is 1.33. The summed E-state index contributed by atoms with van der Waals surface area (Å²) in [5.41, 5.74) is 29.0. The predicted octanol–water partition coefficient (Wildman–Crippen LogP) is -9.31. The first-order chi connectivity index (χ1) is 27.0. The molecule has 4 saturated heterocycles. The molecule has 0 aromatic heterocycles. The van der Waals surface area contributed by atoms with Gasteiger partial charge in [0.05, 0.1) is 42.5 Å². The molecule has 5 aliphatic rings. The lowest BCUT2D eigenvalue weighted by Crippen LogP contribution is -2.67. The zero-order chi connectivity index (χ0) is 41.8. The van der Waals surface area contributed by atoms with Crippen molar-refractivity contribution in [2.24, 2.45) is 28.7 Å². The average Bonchev–Trinajstić information content (AvgIpc) is 3.48. The van der Waals surface area contributed by atoms with Crippen LogP contribution in [-0.2, 0) is 33.2 Å². The lowest BCUT2D eigenvalue weighted by Gasteiger charge is -2.47. The molecule has 1 saturated carbocycles. The minimum atomic E-state index is -2.18. The van der Waals surface area contributed by atoms with Crippen molar-refractivity contribution in [2.45, 2.75) is 154 Å². The third-order valence-corrected chi connectivity index (χ3v) is 11.4. The number of nitrogens with two attached hydrogens (primary N) is 5. The van der Waals surface area contributed by atoms with Crippen LogP contribution in [0.4, 0.5) is 4.39 Å². The van der Waals surface area contributed by atoms with Crippen molar-refractivity contribution in [3.8, 4) is 0 Å². The van der Waals surface area contributed by atoms with Gasteiger partial charge in [0.15, 0.2) is 25.0 Å². The molecular weight excluding hydrogens is 767 g/mol. The van der Waals surface area contributed by atoms with E-state index >= 15 is 0 Å². The van der Waals surface area contributed by atoms with Crippen molar-refractivity contribution in [1.29, 1.82) is 0 Å². The summed E-state index contributed by atoms with van der Waals surface area (Å²) in [6, 6.07) is -4.62. The van der Waals surface area contributed by atoms with Crippen molar-refractivity contribution in [1.82, 2.24) is 16.0 Å². The zero-order valence-corrected chi connectivity index (χ0v) is 31.5. The van der Waals surface area contributed by atoms with Crippen LogP contribution >= 0.6 is 0 Å². The number of hydrogen-bond donors (Lipinski definition) is 16. The summed E-state index contributed by atoms with van der Waals surface area (Å²) in [5.74, 6) is -1.20. The maximum atomic E-state index is 14.1. The lowest BCUT2D eigenvalue weighted by atomic mass is 9.83.